The van der Waals surface area contributed by atoms with Crippen molar-refractivity contribution in [1.29, 1.82) is 0 Å². The minimum atomic E-state index is -0.129. The number of likely N-dealkylation sites (N-methyl/N-ethyl adjacent to an activating group) is 1. The maximum atomic E-state index is 12.3. The summed E-state index contributed by atoms with van der Waals surface area (Å²) in [4.78, 5) is 28.6. The summed E-state index contributed by atoms with van der Waals surface area (Å²) in [7, 11) is 0. The van der Waals surface area contributed by atoms with Crippen molar-refractivity contribution >= 4 is 11.2 Å². The fraction of sp³-hybridized carbons (Fsp3) is 0.722. The van der Waals surface area contributed by atoms with Crippen LogP contribution in [0.1, 0.15) is 33.1 Å². The molecule has 8 heteroatoms. The van der Waals surface area contributed by atoms with Crippen LogP contribution >= 0.6 is 0 Å². The number of piperazine rings is 1. The van der Waals surface area contributed by atoms with Crippen molar-refractivity contribution in [3.05, 3.63) is 16.7 Å². The standard InChI is InChI=1S/C18H30N6O2/c1-3-5-13-26-17-19-14-15-16(21-17)24(18(25)20-15)8-6-7-23-11-9-22(4-2)10-12-23/h14H,3-13H2,1-2H3,(H,20,25). The second-order valence-corrected chi connectivity index (χ2v) is 6.80. The fourth-order valence-electron chi connectivity index (χ4n) is 3.30. The van der Waals surface area contributed by atoms with Crippen molar-refractivity contribution in [1.82, 2.24) is 29.3 Å². The molecule has 0 aliphatic carbocycles. The average molecular weight is 362 g/mol. The van der Waals surface area contributed by atoms with Gasteiger partial charge in [0.1, 0.15) is 5.52 Å². The molecule has 1 saturated heterocycles. The topological polar surface area (TPSA) is 79.3 Å². The van der Waals surface area contributed by atoms with Gasteiger partial charge in [0.25, 0.3) is 0 Å². The molecule has 0 saturated carbocycles. The Kier molecular flexibility index (Phi) is 6.62. The summed E-state index contributed by atoms with van der Waals surface area (Å²) in [5.41, 5.74) is 1.16. The van der Waals surface area contributed by atoms with E-state index in [-0.39, 0.29) is 5.69 Å². The van der Waals surface area contributed by atoms with Crippen LogP contribution < -0.4 is 10.4 Å². The molecule has 0 amide bonds. The first-order valence-corrected chi connectivity index (χ1v) is 9.74. The summed E-state index contributed by atoms with van der Waals surface area (Å²) < 4.78 is 7.28. The molecular weight excluding hydrogens is 332 g/mol. The van der Waals surface area contributed by atoms with Crippen molar-refractivity contribution in [3.63, 3.8) is 0 Å². The van der Waals surface area contributed by atoms with E-state index in [1.807, 2.05) is 0 Å². The Morgan fingerprint density at radius 2 is 1.88 bits per heavy atom. The summed E-state index contributed by atoms with van der Waals surface area (Å²) in [6.07, 6.45) is 4.58. The molecule has 0 bridgehead atoms. The van der Waals surface area contributed by atoms with E-state index in [1.54, 1.807) is 10.8 Å². The van der Waals surface area contributed by atoms with Crippen molar-refractivity contribution in [2.75, 3.05) is 45.9 Å². The molecule has 0 unspecified atom stereocenters. The lowest BCUT2D eigenvalue weighted by atomic mass is 10.3. The van der Waals surface area contributed by atoms with E-state index in [2.05, 4.69) is 38.6 Å². The van der Waals surface area contributed by atoms with Gasteiger partial charge in [-0.2, -0.15) is 4.98 Å². The van der Waals surface area contributed by atoms with E-state index in [0.29, 0.717) is 30.3 Å². The number of hydrogen-bond acceptors (Lipinski definition) is 6. The average Bonchev–Trinajstić information content (AvgIpc) is 2.97. The predicted octanol–water partition coefficient (Wildman–Crippen LogP) is 1.33. The van der Waals surface area contributed by atoms with E-state index in [9.17, 15) is 4.79 Å². The Bertz CT molecular complexity index is 748. The third-order valence-corrected chi connectivity index (χ3v) is 4.99. The molecule has 1 aliphatic rings. The van der Waals surface area contributed by atoms with E-state index < -0.39 is 0 Å². The van der Waals surface area contributed by atoms with Crippen LogP contribution in [0.2, 0.25) is 0 Å². The molecule has 0 radical (unpaired) electrons. The van der Waals surface area contributed by atoms with Gasteiger partial charge in [-0.05, 0) is 25.9 Å². The first-order chi connectivity index (χ1) is 12.7. The van der Waals surface area contributed by atoms with E-state index in [1.165, 1.54) is 0 Å². The van der Waals surface area contributed by atoms with Crippen LogP contribution in [0.5, 0.6) is 6.01 Å². The molecule has 0 atom stereocenters. The minimum absolute atomic E-state index is 0.129. The summed E-state index contributed by atoms with van der Waals surface area (Å²) >= 11 is 0. The number of fused-ring (bicyclic) bond motifs is 1. The molecule has 1 fully saturated rings. The molecule has 8 nitrogen and oxygen atoms in total. The molecule has 3 heterocycles. The Morgan fingerprint density at radius 3 is 2.62 bits per heavy atom. The zero-order valence-corrected chi connectivity index (χ0v) is 15.9. The Morgan fingerprint density at radius 1 is 1.12 bits per heavy atom. The molecule has 3 rings (SSSR count). The predicted molar refractivity (Wildman–Crippen MR) is 102 cm³/mol. The lowest BCUT2D eigenvalue weighted by molar-refractivity contribution is 0.135. The number of nitrogens with zero attached hydrogens (tertiary/aromatic N) is 5. The molecule has 1 N–H and O–H groups in total. The summed E-state index contributed by atoms with van der Waals surface area (Å²) in [6.45, 7) is 12.2. The summed E-state index contributed by atoms with van der Waals surface area (Å²) in [5.74, 6) is 0. The van der Waals surface area contributed by atoms with E-state index >= 15 is 0 Å². The smallest absolute Gasteiger partial charge is 0.327 e. The van der Waals surface area contributed by atoms with Crippen LogP contribution in [-0.4, -0.2) is 75.2 Å². The molecule has 2 aromatic rings. The van der Waals surface area contributed by atoms with Crippen LogP contribution in [0.3, 0.4) is 0 Å². The summed E-state index contributed by atoms with van der Waals surface area (Å²) in [6, 6.07) is 0.342. The number of ether oxygens (including phenoxy) is 1. The summed E-state index contributed by atoms with van der Waals surface area (Å²) in [5, 5.41) is 0. The van der Waals surface area contributed by atoms with Gasteiger partial charge in [-0.25, -0.2) is 9.78 Å². The van der Waals surface area contributed by atoms with Crippen molar-refractivity contribution in [2.24, 2.45) is 0 Å². The van der Waals surface area contributed by atoms with Gasteiger partial charge in [-0.1, -0.05) is 20.3 Å². The molecule has 2 aromatic heterocycles. The van der Waals surface area contributed by atoms with Gasteiger partial charge in [0.2, 0.25) is 0 Å². The normalized spacial score (nSPS) is 16.4. The third kappa shape index (κ3) is 4.62. The maximum Gasteiger partial charge on any atom is 0.327 e. The van der Waals surface area contributed by atoms with Crippen LogP contribution in [0.25, 0.3) is 11.2 Å². The van der Waals surface area contributed by atoms with Gasteiger partial charge < -0.3 is 19.5 Å². The van der Waals surface area contributed by atoms with Crippen molar-refractivity contribution in [3.8, 4) is 6.01 Å². The zero-order valence-electron chi connectivity index (χ0n) is 15.9. The van der Waals surface area contributed by atoms with Gasteiger partial charge in [-0.3, -0.25) is 4.57 Å². The van der Waals surface area contributed by atoms with Crippen molar-refractivity contribution in [2.45, 2.75) is 39.7 Å². The minimum Gasteiger partial charge on any atom is -0.463 e. The van der Waals surface area contributed by atoms with Crippen LogP contribution in [0.4, 0.5) is 0 Å². The van der Waals surface area contributed by atoms with Gasteiger partial charge in [-0.15, -0.1) is 0 Å². The van der Waals surface area contributed by atoms with Gasteiger partial charge in [0, 0.05) is 32.7 Å². The lowest BCUT2D eigenvalue weighted by Crippen LogP contribution is -2.46. The Hall–Kier alpha value is -1.93. The SMILES string of the molecule is CCCCOc1ncc2[nH]c(=O)n(CCCN3CCN(CC)CC3)c2n1. The monoisotopic (exact) mass is 362 g/mol. The zero-order chi connectivity index (χ0) is 18.4. The molecule has 144 valence electrons. The number of unbranched alkanes of at least 4 members (excludes halogenated alkanes) is 1. The number of rotatable bonds is 9. The molecule has 1 aliphatic heterocycles. The number of nitrogens with one attached hydrogen (secondary N) is 1. The van der Waals surface area contributed by atoms with Gasteiger partial charge in [0.05, 0.1) is 12.8 Å². The Labute approximate surface area is 154 Å². The number of H-pyrrole nitrogens is 1. The third-order valence-electron chi connectivity index (χ3n) is 4.99. The highest BCUT2D eigenvalue weighted by Gasteiger charge is 2.16. The second kappa shape index (κ2) is 9.14. The van der Waals surface area contributed by atoms with Crippen LogP contribution in [0.15, 0.2) is 11.0 Å². The molecular formula is C18H30N6O2. The number of aromatic amines is 1. The number of hydrogen-bond donors (Lipinski definition) is 1. The largest absolute Gasteiger partial charge is 0.463 e. The number of imidazole rings is 1. The van der Waals surface area contributed by atoms with Crippen molar-refractivity contribution < 1.29 is 4.74 Å². The second-order valence-electron chi connectivity index (χ2n) is 6.80. The highest BCUT2D eigenvalue weighted by atomic mass is 16.5. The molecule has 0 spiro atoms. The number of aryl methyl sites for hydroxylation is 1. The van der Waals surface area contributed by atoms with Crippen LogP contribution in [0, 0.1) is 0 Å². The Balaban J connectivity index is 1.59. The molecule has 0 aromatic carbocycles. The van der Waals surface area contributed by atoms with E-state index in [4.69, 9.17) is 4.74 Å². The fourth-order valence-corrected chi connectivity index (χ4v) is 3.30. The lowest BCUT2D eigenvalue weighted by Gasteiger charge is -2.33. The first kappa shape index (κ1) is 18.8. The molecule has 26 heavy (non-hydrogen) atoms. The number of aromatic nitrogens is 4. The quantitative estimate of drug-likeness (QED) is 0.678. The van der Waals surface area contributed by atoms with E-state index in [0.717, 1.165) is 58.5 Å². The maximum absolute atomic E-state index is 12.3. The highest BCUT2D eigenvalue weighted by Crippen LogP contribution is 2.12. The van der Waals surface area contributed by atoms with Gasteiger partial charge in [0.15, 0.2) is 5.65 Å². The first-order valence-electron chi connectivity index (χ1n) is 9.74. The van der Waals surface area contributed by atoms with Gasteiger partial charge >= 0.3 is 11.7 Å². The van der Waals surface area contributed by atoms with Crippen LogP contribution in [-0.2, 0) is 6.54 Å². The highest BCUT2D eigenvalue weighted by molar-refractivity contribution is 5.69.